The fourth-order valence-electron chi connectivity index (χ4n) is 2.98. The highest BCUT2D eigenvalue weighted by molar-refractivity contribution is 7.99. The topological polar surface area (TPSA) is 67.2 Å². The normalized spacial score (nSPS) is 11.1. The molecule has 1 amide bonds. The molecular formula is C22H25ClN4O2S. The monoisotopic (exact) mass is 444 g/mol. The highest BCUT2D eigenvalue weighted by atomic mass is 35.5. The quantitative estimate of drug-likeness (QED) is 0.429. The second-order valence-electron chi connectivity index (χ2n) is 7.64. The van der Waals surface area contributed by atoms with E-state index in [2.05, 4.69) is 10.3 Å². The van der Waals surface area contributed by atoms with Crippen molar-refractivity contribution in [2.45, 2.75) is 25.5 Å². The molecule has 0 aliphatic heterocycles. The number of aromatic nitrogens is 2. The predicted octanol–water partition coefficient (Wildman–Crippen LogP) is 4.50. The van der Waals surface area contributed by atoms with Gasteiger partial charge in [-0.05, 0) is 48.4 Å². The average molecular weight is 445 g/mol. The lowest BCUT2D eigenvalue weighted by molar-refractivity contribution is -0.113. The summed E-state index contributed by atoms with van der Waals surface area (Å²) in [5, 5.41) is 4.40. The minimum Gasteiger partial charge on any atom is -0.378 e. The first-order chi connectivity index (χ1) is 14.2. The molecular weight excluding hydrogens is 420 g/mol. The van der Waals surface area contributed by atoms with E-state index < -0.39 is 0 Å². The highest BCUT2D eigenvalue weighted by Crippen LogP contribution is 2.22. The number of hydrogen-bond acceptors (Lipinski definition) is 5. The SMILES string of the molecule is CC(C)Cn1c(SCC(=O)Nc2ccc(N(C)C)cc2)nc2ccc(Cl)cc2c1=O. The summed E-state index contributed by atoms with van der Waals surface area (Å²) >= 11 is 7.31. The summed E-state index contributed by atoms with van der Waals surface area (Å²) in [6, 6.07) is 12.7. The summed E-state index contributed by atoms with van der Waals surface area (Å²) < 4.78 is 1.63. The highest BCUT2D eigenvalue weighted by Gasteiger charge is 2.15. The third-order valence-electron chi connectivity index (χ3n) is 4.43. The maximum Gasteiger partial charge on any atom is 0.262 e. The lowest BCUT2D eigenvalue weighted by Gasteiger charge is -2.15. The van der Waals surface area contributed by atoms with E-state index in [-0.39, 0.29) is 23.1 Å². The van der Waals surface area contributed by atoms with Crippen LogP contribution in [0.3, 0.4) is 0 Å². The van der Waals surface area contributed by atoms with Crippen LogP contribution in [0.1, 0.15) is 13.8 Å². The zero-order chi connectivity index (χ0) is 21.8. The Hall–Kier alpha value is -2.51. The van der Waals surface area contributed by atoms with Crippen LogP contribution in [0.4, 0.5) is 11.4 Å². The Kier molecular flexibility index (Phi) is 7.05. The molecule has 3 aromatic rings. The van der Waals surface area contributed by atoms with Gasteiger partial charge in [-0.15, -0.1) is 0 Å². The van der Waals surface area contributed by atoms with Gasteiger partial charge in [0.15, 0.2) is 5.16 Å². The lowest BCUT2D eigenvalue weighted by Crippen LogP contribution is -2.26. The lowest BCUT2D eigenvalue weighted by atomic mass is 10.2. The van der Waals surface area contributed by atoms with Gasteiger partial charge in [0.1, 0.15) is 0 Å². The van der Waals surface area contributed by atoms with Crippen molar-refractivity contribution < 1.29 is 4.79 Å². The molecule has 0 aliphatic rings. The summed E-state index contributed by atoms with van der Waals surface area (Å²) in [6.07, 6.45) is 0. The van der Waals surface area contributed by atoms with Crippen LogP contribution in [0.5, 0.6) is 0 Å². The van der Waals surface area contributed by atoms with Crippen molar-refractivity contribution in [3.8, 4) is 0 Å². The third kappa shape index (κ3) is 5.34. The van der Waals surface area contributed by atoms with Crippen LogP contribution in [0.15, 0.2) is 52.4 Å². The standard InChI is InChI=1S/C22H25ClN4O2S/c1-14(2)12-27-21(29)18-11-15(23)5-10-19(18)25-22(27)30-13-20(28)24-16-6-8-17(9-7-16)26(3)4/h5-11,14H,12-13H2,1-4H3,(H,24,28). The Morgan fingerprint density at radius 1 is 1.20 bits per heavy atom. The summed E-state index contributed by atoms with van der Waals surface area (Å²) in [5.41, 5.74) is 2.22. The Morgan fingerprint density at radius 2 is 1.90 bits per heavy atom. The summed E-state index contributed by atoms with van der Waals surface area (Å²) in [5.74, 6) is 0.252. The third-order valence-corrected chi connectivity index (χ3v) is 5.64. The van der Waals surface area contributed by atoms with E-state index in [4.69, 9.17) is 11.6 Å². The van der Waals surface area contributed by atoms with E-state index in [0.717, 1.165) is 11.4 Å². The molecule has 0 saturated heterocycles. The molecule has 0 radical (unpaired) electrons. The molecule has 1 aromatic heterocycles. The molecule has 0 spiro atoms. The molecule has 0 fully saturated rings. The number of nitrogens with one attached hydrogen (secondary N) is 1. The van der Waals surface area contributed by atoms with E-state index in [1.165, 1.54) is 11.8 Å². The number of carbonyl (C=O) groups excluding carboxylic acids is 1. The maximum atomic E-state index is 13.0. The number of amides is 1. The maximum absolute atomic E-state index is 13.0. The summed E-state index contributed by atoms with van der Waals surface area (Å²) in [6.45, 7) is 4.59. The molecule has 158 valence electrons. The van der Waals surface area contributed by atoms with Gasteiger partial charge in [-0.25, -0.2) is 4.98 Å². The molecule has 3 rings (SSSR count). The molecule has 0 aliphatic carbocycles. The van der Waals surface area contributed by atoms with Crippen molar-refractivity contribution in [2.24, 2.45) is 5.92 Å². The first-order valence-electron chi connectivity index (χ1n) is 9.64. The largest absolute Gasteiger partial charge is 0.378 e. The minimum absolute atomic E-state index is 0.140. The van der Waals surface area contributed by atoms with E-state index in [9.17, 15) is 9.59 Å². The van der Waals surface area contributed by atoms with Gasteiger partial charge in [-0.1, -0.05) is 37.2 Å². The van der Waals surface area contributed by atoms with Crippen LogP contribution in [0, 0.1) is 5.92 Å². The zero-order valence-corrected chi connectivity index (χ0v) is 19.0. The van der Waals surface area contributed by atoms with Crippen LogP contribution in [0.2, 0.25) is 5.02 Å². The van der Waals surface area contributed by atoms with Gasteiger partial charge in [0.25, 0.3) is 5.56 Å². The number of fused-ring (bicyclic) bond motifs is 1. The van der Waals surface area contributed by atoms with Gasteiger partial charge in [0, 0.05) is 37.0 Å². The fourth-order valence-corrected chi connectivity index (χ4v) is 3.96. The second kappa shape index (κ2) is 9.53. The Labute approximate surface area is 185 Å². The molecule has 0 bridgehead atoms. The molecule has 6 nitrogen and oxygen atoms in total. The van der Waals surface area contributed by atoms with E-state index in [1.54, 1.807) is 22.8 Å². The van der Waals surface area contributed by atoms with Crippen LogP contribution >= 0.6 is 23.4 Å². The zero-order valence-electron chi connectivity index (χ0n) is 17.5. The number of rotatable bonds is 7. The number of anilines is 2. The van der Waals surface area contributed by atoms with Gasteiger partial charge in [0.05, 0.1) is 16.7 Å². The summed E-state index contributed by atoms with van der Waals surface area (Å²) in [7, 11) is 3.93. The van der Waals surface area contributed by atoms with E-state index >= 15 is 0 Å². The van der Waals surface area contributed by atoms with Gasteiger partial charge < -0.3 is 10.2 Å². The molecule has 8 heteroatoms. The van der Waals surface area contributed by atoms with Gasteiger partial charge in [-0.2, -0.15) is 0 Å². The Bertz CT molecular complexity index is 1110. The average Bonchev–Trinajstić information content (AvgIpc) is 2.69. The molecule has 30 heavy (non-hydrogen) atoms. The van der Waals surface area contributed by atoms with Crippen molar-refractivity contribution in [1.29, 1.82) is 0 Å². The number of halogens is 1. The fraction of sp³-hybridized carbons (Fsp3) is 0.318. The van der Waals surface area contributed by atoms with Crippen molar-refractivity contribution in [3.63, 3.8) is 0 Å². The first-order valence-corrected chi connectivity index (χ1v) is 11.0. The molecule has 1 N–H and O–H groups in total. The number of benzene rings is 2. The Morgan fingerprint density at radius 3 is 2.53 bits per heavy atom. The van der Waals surface area contributed by atoms with Crippen molar-refractivity contribution in [3.05, 3.63) is 57.8 Å². The van der Waals surface area contributed by atoms with Crippen molar-refractivity contribution in [1.82, 2.24) is 9.55 Å². The van der Waals surface area contributed by atoms with Crippen LogP contribution in [0.25, 0.3) is 10.9 Å². The molecule has 1 heterocycles. The van der Waals surface area contributed by atoms with Crippen molar-refractivity contribution in [2.75, 3.05) is 30.1 Å². The molecule has 0 unspecified atom stereocenters. The number of thioether (sulfide) groups is 1. The number of carbonyl (C=O) groups is 1. The van der Waals surface area contributed by atoms with Crippen LogP contribution in [-0.4, -0.2) is 35.3 Å². The van der Waals surface area contributed by atoms with E-state index in [0.29, 0.717) is 27.6 Å². The van der Waals surface area contributed by atoms with Crippen molar-refractivity contribution >= 4 is 51.5 Å². The van der Waals surface area contributed by atoms with Gasteiger partial charge >= 0.3 is 0 Å². The molecule has 0 saturated carbocycles. The number of hydrogen-bond donors (Lipinski definition) is 1. The van der Waals surface area contributed by atoms with E-state index in [1.807, 2.05) is 57.1 Å². The van der Waals surface area contributed by atoms with Crippen LogP contribution < -0.4 is 15.8 Å². The van der Waals surface area contributed by atoms with Gasteiger partial charge in [-0.3, -0.25) is 14.2 Å². The Balaban J connectivity index is 1.79. The smallest absolute Gasteiger partial charge is 0.262 e. The molecule has 2 aromatic carbocycles. The predicted molar refractivity (Wildman–Crippen MR) is 126 cm³/mol. The summed E-state index contributed by atoms with van der Waals surface area (Å²) in [4.78, 5) is 32.1. The van der Waals surface area contributed by atoms with Gasteiger partial charge in [0.2, 0.25) is 5.91 Å². The van der Waals surface area contributed by atoms with Crippen LogP contribution in [-0.2, 0) is 11.3 Å². The second-order valence-corrected chi connectivity index (χ2v) is 9.02. The minimum atomic E-state index is -0.154. The first kappa shape index (κ1) is 22.2. The molecule has 0 atom stereocenters. The number of nitrogens with zero attached hydrogens (tertiary/aromatic N) is 3.